The molecule has 1 aliphatic heterocycles. The van der Waals surface area contributed by atoms with Gasteiger partial charge in [0, 0.05) is 69.5 Å². The molecule has 0 unspecified atom stereocenters. The molecule has 7 nitrogen and oxygen atoms in total. The van der Waals surface area contributed by atoms with Crippen LogP contribution in [0.15, 0.2) is 97.2 Å². The summed E-state index contributed by atoms with van der Waals surface area (Å²) in [4.78, 5) is 10.1. The molecular weight excluding hydrogens is 695 g/mol. The fourth-order valence-corrected chi connectivity index (χ4v) is 8.25. The molecule has 56 heavy (non-hydrogen) atoms. The molecule has 0 spiro atoms. The van der Waals surface area contributed by atoms with Gasteiger partial charge in [0.15, 0.2) is 11.5 Å². The monoisotopic (exact) mass is 753 g/mol. The molecule has 0 N–H and O–H groups in total. The van der Waals surface area contributed by atoms with Crippen LogP contribution in [-0.4, -0.2) is 64.1 Å². The Morgan fingerprint density at radius 1 is 0.696 bits per heavy atom. The largest absolute Gasteiger partial charge is 0.494 e. The zero-order chi connectivity index (χ0) is 39.0. The molecule has 3 aliphatic rings. The minimum Gasteiger partial charge on any atom is -0.494 e. The first-order valence-corrected chi connectivity index (χ1v) is 20.4. The second-order valence-electron chi connectivity index (χ2n) is 15.6. The topological polar surface area (TPSA) is 56.3 Å². The van der Waals surface area contributed by atoms with Crippen molar-refractivity contribution in [2.45, 2.75) is 83.3 Å². The molecule has 1 aromatic heterocycles. The van der Waals surface area contributed by atoms with Gasteiger partial charge in [-0.1, -0.05) is 36.4 Å². The minimum atomic E-state index is 0.420. The quantitative estimate of drug-likeness (QED) is 0.112. The molecule has 1 saturated heterocycles. The maximum Gasteiger partial charge on any atom is 0.164 e. The molecule has 0 bridgehead atoms. The Bertz CT molecular complexity index is 2050. The van der Waals surface area contributed by atoms with E-state index in [2.05, 4.69) is 112 Å². The van der Waals surface area contributed by atoms with E-state index in [4.69, 9.17) is 19.2 Å². The third-order valence-electron chi connectivity index (χ3n) is 11.4. The van der Waals surface area contributed by atoms with Crippen LogP contribution >= 0.6 is 0 Å². The summed E-state index contributed by atoms with van der Waals surface area (Å²) in [6, 6.07) is 34.1. The molecule has 2 heterocycles. The first-order chi connectivity index (χ1) is 27.4. The van der Waals surface area contributed by atoms with Crippen LogP contribution in [0.1, 0.15) is 85.1 Å². The Hall–Kier alpha value is -4.85. The normalized spacial score (nSPS) is 15.8. The molecule has 4 aromatic carbocycles. The molecule has 2 aliphatic carbocycles. The van der Waals surface area contributed by atoms with Crippen LogP contribution < -0.4 is 19.1 Å². The van der Waals surface area contributed by atoms with Crippen LogP contribution in [0.25, 0.3) is 22.4 Å². The number of nitrogens with zero attached hydrogens (tertiary/aromatic N) is 3. The van der Waals surface area contributed by atoms with E-state index in [0.717, 1.165) is 73.4 Å². The number of benzene rings is 4. The lowest BCUT2D eigenvalue weighted by Gasteiger charge is -2.40. The number of likely N-dealkylation sites (tertiary alicyclic amines) is 1. The number of hydrogen-bond acceptors (Lipinski definition) is 7. The van der Waals surface area contributed by atoms with Gasteiger partial charge in [0.25, 0.3) is 0 Å². The third kappa shape index (κ3) is 9.56. The maximum absolute atomic E-state index is 5.81. The van der Waals surface area contributed by atoms with Crippen LogP contribution in [0.2, 0.25) is 0 Å². The van der Waals surface area contributed by atoms with Crippen molar-refractivity contribution in [2.75, 3.05) is 53.0 Å². The fraction of sp³-hybridized carbons (Fsp3) is 0.408. The number of pyridine rings is 1. The summed E-state index contributed by atoms with van der Waals surface area (Å²) in [6.07, 6.45) is 9.21. The summed E-state index contributed by atoms with van der Waals surface area (Å²) in [5.41, 5.74) is 12.8. The first-order valence-electron chi connectivity index (χ1n) is 20.4. The van der Waals surface area contributed by atoms with Gasteiger partial charge < -0.3 is 23.8 Å². The van der Waals surface area contributed by atoms with Crippen molar-refractivity contribution in [1.82, 2.24) is 9.88 Å². The maximum atomic E-state index is 5.81. The molecule has 0 amide bonds. The molecule has 7 heteroatoms. The highest BCUT2D eigenvalue weighted by atomic mass is 16.5. The van der Waals surface area contributed by atoms with Gasteiger partial charge >= 0.3 is 0 Å². The van der Waals surface area contributed by atoms with Crippen LogP contribution in [0.5, 0.6) is 17.2 Å². The number of piperidine rings is 1. The van der Waals surface area contributed by atoms with E-state index in [1.54, 1.807) is 34.0 Å². The molecule has 3 fully saturated rings. The number of anilines is 1. The van der Waals surface area contributed by atoms with E-state index in [-0.39, 0.29) is 0 Å². The van der Waals surface area contributed by atoms with E-state index in [1.165, 1.54) is 64.8 Å². The van der Waals surface area contributed by atoms with E-state index < -0.39 is 0 Å². The minimum absolute atomic E-state index is 0.420. The number of aryl methyl sites for hydroxylation is 1. The van der Waals surface area contributed by atoms with Crippen molar-refractivity contribution >= 4 is 5.69 Å². The summed E-state index contributed by atoms with van der Waals surface area (Å²) >= 11 is 0. The Kier molecular flexibility index (Phi) is 12.9. The Morgan fingerprint density at radius 3 is 2.07 bits per heavy atom. The predicted octanol–water partition coefficient (Wildman–Crippen LogP) is 10.8. The van der Waals surface area contributed by atoms with E-state index >= 15 is 0 Å². The smallest absolute Gasteiger partial charge is 0.164 e. The second kappa shape index (κ2) is 18.4. The summed E-state index contributed by atoms with van der Waals surface area (Å²) in [6.45, 7) is 8.87. The SMILES string of the molecule is CCOc1ccc(N(Cc2ccnc(-c3cc(OC)c(OC)c(C4CC4)c3)c2)C2CCN(Cc3cccc(-c4ccc(C)c(C5CC5)c4)c3)CC2)cc1.COC. The number of ether oxygens (including phenoxy) is 4. The van der Waals surface area contributed by atoms with E-state index in [0.29, 0.717) is 18.6 Å². The molecule has 8 rings (SSSR count). The zero-order valence-corrected chi connectivity index (χ0v) is 34.2. The highest BCUT2D eigenvalue weighted by molar-refractivity contribution is 5.68. The van der Waals surface area contributed by atoms with Gasteiger partial charge in [0.05, 0.1) is 26.5 Å². The van der Waals surface area contributed by atoms with E-state index in [1.807, 2.05) is 13.1 Å². The average molecular weight is 754 g/mol. The van der Waals surface area contributed by atoms with Gasteiger partial charge in [-0.05, 0) is 152 Å². The van der Waals surface area contributed by atoms with Crippen molar-refractivity contribution in [1.29, 1.82) is 0 Å². The van der Waals surface area contributed by atoms with Gasteiger partial charge in [0.2, 0.25) is 0 Å². The van der Waals surface area contributed by atoms with Gasteiger partial charge in [-0.25, -0.2) is 0 Å². The number of rotatable bonds is 14. The number of methoxy groups -OCH3 is 3. The van der Waals surface area contributed by atoms with E-state index in [9.17, 15) is 0 Å². The fourth-order valence-electron chi connectivity index (χ4n) is 8.25. The van der Waals surface area contributed by atoms with Crippen LogP contribution in [0, 0.1) is 6.92 Å². The van der Waals surface area contributed by atoms with Gasteiger partial charge in [-0.15, -0.1) is 0 Å². The van der Waals surface area contributed by atoms with Crippen LogP contribution in [0.3, 0.4) is 0 Å². The lowest BCUT2D eigenvalue weighted by atomic mass is 9.96. The lowest BCUT2D eigenvalue weighted by Crippen LogP contribution is -2.44. The van der Waals surface area contributed by atoms with Crippen LogP contribution in [-0.2, 0) is 17.8 Å². The molecule has 5 aromatic rings. The molecule has 2 saturated carbocycles. The van der Waals surface area contributed by atoms with Gasteiger partial charge in [-0.2, -0.15) is 0 Å². The van der Waals surface area contributed by atoms with Gasteiger partial charge in [0.1, 0.15) is 5.75 Å². The highest BCUT2D eigenvalue weighted by Crippen LogP contribution is 2.49. The van der Waals surface area contributed by atoms with Crippen molar-refractivity contribution in [3.63, 3.8) is 0 Å². The summed E-state index contributed by atoms with van der Waals surface area (Å²) in [5.74, 6) is 3.82. The first kappa shape index (κ1) is 39.4. The van der Waals surface area contributed by atoms with Crippen molar-refractivity contribution in [2.24, 2.45) is 0 Å². The van der Waals surface area contributed by atoms with Crippen molar-refractivity contribution < 1.29 is 18.9 Å². The van der Waals surface area contributed by atoms with Crippen LogP contribution in [0.4, 0.5) is 5.69 Å². The highest BCUT2D eigenvalue weighted by Gasteiger charge is 2.30. The average Bonchev–Trinajstić information content (AvgIpc) is 4.17. The van der Waals surface area contributed by atoms with Crippen molar-refractivity contribution in [3.05, 3.63) is 125 Å². The second-order valence-corrected chi connectivity index (χ2v) is 15.6. The van der Waals surface area contributed by atoms with Crippen molar-refractivity contribution in [3.8, 4) is 39.6 Å². The number of aromatic nitrogens is 1. The predicted molar refractivity (Wildman–Crippen MR) is 228 cm³/mol. The Morgan fingerprint density at radius 2 is 1.39 bits per heavy atom. The Labute approximate surface area is 334 Å². The lowest BCUT2D eigenvalue weighted by molar-refractivity contribution is 0.201. The molecule has 0 radical (unpaired) electrons. The summed E-state index contributed by atoms with van der Waals surface area (Å²) in [7, 11) is 6.70. The third-order valence-corrected chi connectivity index (χ3v) is 11.4. The Balaban J connectivity index is 0.00000155. The standard InChI is InChI=1S/C47H53N3O3.C2H6O/c1-5-53-42-17-15-40(16-18-42)50(31-34-19-22-48-45(26-34)39-28-44(36-13-14-36)47(52-4)46(29-39)51-3)41-20-23-49(24-21-41)30-33-7-6-8-37(25-33)38-10-9-32(2)43(27-38)35-11-12-35;1-3-2/h6-10,15-19,22,25-29,35-36,41H,5,11-14,20-21,23-24,30-31H2,1-4H3;1-2H3. The number of hydrogen-bond donors (Lipinski definition) is 0. The summed E-state index contributed by atoms with van der Waals surface area (Å²) in [5, 5.41) is 0. The molecule has 0 atom stereocenters. The van der Waals surface area contributed by atoms with Gasteiger partial charge in [-0.3, -0.25) is 9.88 Å². The molecule has 294 valence electrons. The zero-order valence-electron chi connectivity index (χ0n) is 34.2. The molecular formula is C49H59N3O4. The summed E-state index contributed by atoms with van der Waals surface area (Å²) < 4.78 is 21.6.